The van der Waals surface area contributed by atoms with Gasteiger partial charge >= 0.3 is 6.09 Å². The summed E-state index contributed by atoms with van der Waals surface area (Å²) in [6.45, 7) is 6.83. The number of carbonyl (C=O) groups is 1. The fraction of sp³-hybridized carbons (Fsp3) is 0.316. The number of hydrogen-bond donors (Lipinski definition) is 1. The van der Waals surface area contributed by atoms with Gasteiger partial charge in [0.2, 0.25) is 0 Å². The zero-order valence-corrected chi connectivity index (χ0v) is 13.8. The van der Waals surface area contributed by atoms with E-state index in [9.17, 15) is 4.79 Å². The first-order valence-corrected chi connectivity index (χ1v) is 7.77. The van der Waals surface area contributed by atoms with Gasteiger partial charge < -0.3 is 10.5 Å². The van der Waals surface area contributed by atoms with Crippen molar-refractivity contribution in [3.8, 4) is 11.1 Å². The van der Waals surface area contributed by atoms with Crippen LogP contribution in [0, 0.1) is 0 Å². The number of anilines is 1. The molecule has 120 valence electrons. The Morgan fingerprint density at radius 3 is 2.43 bits per heavy atom. The molecular formula is C19H22N2O2. The topological polar surface area (TPSA) is 55.6 Å². The smallest absolute Gasteiger partial charge is 0.410 e. The van der Waals surface area contributed by atoms with E-state index in [4.69, 9.17) is 10.5 Å². The van der Waals surface area contributed by atoms with Crippen LogP contribution in [0.15, 0.2) is 42.5 Å². The second-order valence-corrected chi connectivity index (χ2v) is 6.95. The Kier molecular flexibility index (Phi) is 3.76. The van der Waals surface area contributed by atoms with Gasteiger partial charge in [-0.15, -0.1) is 0 Å². The minimum atomic E-state index is -0.474. The van der Waals surface area contributed by atoms with E-state index < -0.39 is 5.60 Å². The van der Waals surface area contributed by atoms with Crippen molar-refractivity contribution in [1.82, 2.24) is 4.90 Å². The van der Waals surface area contributed by atoms with Crippen LogP contribution in [0.4, 0.5) is 10.5 Å². The molecule has 4 heteroatoms. The van der Waals surface area contributed by atoms with Crippen LogP contribution in [0.1, 0.15) is 31.9 Å². The van der Waals surface area contributed by atoms with Crippen LogP contribution >= 0.6 is 0 Å². The molecule has 1 aliphatic rings. The Balaban J connectivity index is 1.80. The minimum absolute atomic E-state index is 0.265. The van der Waals surface area contributed by atoms with Crippen LogP contribution in [-0.2, 0) is 17.8 Å². The van der Waals surface area contributed by atoms with Gasteiger partial charge in [-0.05, 0) is 61.2 Å². The highest BCUT2D eigenvalue weighted by Crippen LogP contribution is 2.30. The molecule has 1 amide bonds. The maximum absolute atomic E-state index is 12.2. The van der Waals surface area contributed by atoms with E-state index in [0.29, 0.717) is 13.1 Å². The number of benzene rings is 2. The lowest BCUT2D eigenvalue weighted by Gasteiger charge is -2.24. The molecule has 0 saturated heterocycles. The normalized spacial score (nSPS) is 13.8. The number of hydrogen-bond acceptors (Lipinski definition) is 3. The lowest BCUT2D eigenvalue weighted by Crippen LogP contribution is -2.33. The van der Waals surface area contributed by atoms with Gasteiger partial charge in [-0.2, -0.15) is 0 Å². The van der Waals surface area contributed by atoms with Crippen LogP contribution in [0.2, 0.25) is 0 Å². The fourth-order valence-corrected chi connectivity index (χ4v) is 2.75. The number of nitrogens with zero attached hydrogens (tertiary/aromatic N) is 1. The third kappa shape index (κ3) is 3.47. The van der Waals surface area contributed by atoms with Crippen LogP contribution in [0.3, 0.4) is 0 Å². The molecule has 0 saturated carbocycles. The first kappa shape index (κ1) is 15.4. The Hall–Kier alpha value is -2.49. The van der Waals surface area contributed by atoms with E-state index in [1.54, 1.807) is 4.90 Å². The number of carbonyl (C=O) groups excluding carboxylic acids is 1. The molecular weight excluding hydrogens is 288 g/mol. The third-order valence-electron chi connectivity index (χ3n) is 3.80. The molecule has 1 aliphatic heterocycles. The number of rotatable bonds is 1. The molecule has 2 N–H and O–H groups in total. The molecule has 0 bridgehead atoms. The van der Waals surface area contributed by atoms with E-state index in [-0.39, 0.29) is 6.09 Å². The van der Waals surface area contributed by atoms with Crippen molar-refractivity contribution >= 4 is 11.8 Å². The van der Waals surface area contributed by atoms with Crippen molar-refractivity contribution in [2.24, 2.45) is 0 Å². The quantitative estimate of drug-likeness (QED) is 0.804. The molecule has 1 heterocycles. The van der Waals surface area contributed by atoms with Crippen molar-refractivity contribution in [3.05, 3.63) is 53.6 Å². The van der Waals surface area contributed by atoms with Gasteiger partial charge in [0.25, 0.3) is 0 Å². The predicted octanol–water partition coefficient (Wildman–Crippen LogP) is 4.19. The number of nitrogen functional groups attached to an aromatic ring is 1. The largest absolute Gasteiger partial charge is 0.444 e. The summed E-state index contributed by atoms with van der Waals surface area (Å²) < 4.78 is 5.45. The van der Waals surface area contributed by atoms with Gasteiger partial charge in [-0.1, -0.05) is 24.3 Å². The van der Waals surface area contributed by atoms with Crippen LogP contribution < -0.4 is 5.73 Å². The van der Waals surface area contributed by atoms with E-state index in [1.165, 1.54) is 5.56 Å². The molecule has 23 heavy (non-hydrogen) atoms. The molecule has 4 nitrogen and oxygen atoms in total. The minimum Gasteiger partial charge on any atom is -0.444 e. The molecule has 0 aliphatic carbocycles. The summed E-state index contributed by atoms with van der Waals surface area (Å²) in [4.78, 5) is 14.0. The molecule has 2 aromatic rings. The summed E-state index contributed by atoms with van der Waals surface area (Å²) >= 11 is 0. The Labute approximate surface area is 136 Å². The van der Waals surface area contributed by atoms with E-state index in [0.717, 1.165) is 22.4 Å². The summed E-state index contributed by atoms with van der Waals surface area (Å²) in [6.07, 6.45) is -0.265. The summed E-state index contributed by atoms with van der Waals surface area (Å²) in [5.41, 5.74) is 10.7. The fourth-order valence-electron chi connectivity index (χ4n) is 2.75. The van der Waals surface area contributed by atoms with Crippen LogP contribution in [0.5, 0.6) is 0 Å². The Bertz CT molecular complexity index is 747. The van der Waals surface area contributed by atoms with E-state index in [1.807, 2.05) is 45.0 Å². The van der Waals surface area contributed by atoms with Gasteiger partial charge in [-0.3, -0.25) is 4.90 Å². The molecule has 0 atom stereocenters. The molecule has 0 fully saturated rings. The van der Waals surface area contributed by atoms with Crippen molar-refractivity contribution in [2.75, 3.05) is 5.73 Å². The summed E-state index contributed by atoms with van der Waals surface area (Å²) in [6, 6.07) is 14.1. The van der Waals surface area contributed by atoms with Gasteiger partial charge in [-0.25, -0.2) is 4.79 Å². The van der Waals surface area contributed by atoms with Crippen molar-refractivity contribution < 1.29 is 9.53 Å². The van der Waals surface area contributed by atoms with Gasteiger partial charge in [0.1, 0.15) is 5.60 Å². The zero-order valence-electron chi connectivity index (χ0n) is 13.8. The Morgan fingerprint density at radius 1 is 1.04 bits per heavy atom. The lowest BCUT2D eigenvalue weighted by molar-refractivity contribution is 0.0242. The average Bonchev–Trinajstić information content (AvgIpc) is 2.88. The van der Waals surface area contributed by atoms with Crippen molar-refractivity contribution in [2.45, 2.75) is 39.5 Å². The molecule has 0 unspecified atom stereocenters. The highest BCUT2D eigenvalue weighted by Gasteiger charge is 2.27. The standard InChI is InChI=1S/C19H22N2O2/c1-19(2,3)23-18(22)21-11-15-8-7-14(9-16(15)12-21)13-5-4-6-17(20)10-13/h4-10H,11-12,20H2,1-3H3. The molecule has 0 aromatic heterocycles. The van der Waals surface area contributed by atoms with Gasteiger partial charge in [0.05, 0.1) is 0 Å². The second-order valence-electron chi connectivity index (χ2n) is 6.95. The maximum Gasteiger partial charge on any atom is 0.410 e. The van der Waals surface area contributed by atoms with E-state index in [2.05, 4.69) is 18.2 Å². The SMILES string of the molecule is CC(C)(C)OC(=O)N1Cc2ccc(-c3cccc(N)c3)cc2C1. The van der Waals surface area contributed by atoms with E-state index >= 15 is 0 Å². The third-order valence-corrected chi connectivity index (χ3v) is 3.80. The average molecular weight is 310 g/mol. The predicted molar refractivity (Wildman–Crippen MR) is 91.8 cm³/mol. The summed E-state index contributed by atoms with van der Waals surface area (Å²) in [5, 5.41) is 0. The van der Waals surface area contributed by atoms with Gasteiger partial charge in [0, 0.05) is 18.8 Å². The maximum atomic E-state index is 12.2. The Morgan fingerprint density at radius 2 is 1.74 bits per heavy atom. The number of nitrogens with two attached hydrogens (primary N) is 1. The molecule has 0 radical (unpaired) electrons. The molecule has 2 aromatic carbocycles. The number of ether oxygens (including phenoxy) is 1. The first-order valence-electron chi connectivity index (χ1n) is 7.77. The molecule has 0 spiro atoms. The number of amides is 1. The zero-order chi connectivity index (χ0) is 16.6. The highest BCUT2D eigenvalue weighted by molar-refractivity contribution is 5.72. The summed E-state index contributed by atoms with van der Waals surface area (Å²) in [7, 11) is 0. The van der Waals surface area contributed by atoms with Crippen molar-refractivity contribution in [1.29, 1.82) is 0 Å². The lowest BCUT2D eigenvalue weighted by atomic mass is 10.0. The first-order chi connectivity index (χ1) is 10.8. The van der Waals surface area contributed by atoms with Crippen molar-refractivity contribution in [3.63, 3.8) is 0 Å². The second kappa shape index (κ2) is 5.61. The number of fused-ring (bicyclic) bond motifs is 1. The van der Waals surface area contributed by atoms with Crippen LogP contribution in [-0.4, -0.2) is 16.6 Å². The van der Waals surface area contributed by atoms with Crippen LogP contribution in [0.25, 0.3) is 11.1 Å². The summed E-state index contributed by atoms with van der Waals surface area (Å²) in [5.74, 6) is 0. The molecule has 3 rings (SSSR count). The monoisotopic (exact) mass is 310 g/mol. The highest BCUT2D eigenvalue weighted by atomic mass is 16.6. The van der Waals surface area contributed by atoms with Gasteiger partial charge in [0.15, 0.2) is 0 Å².